The smallest absolute Gasteiger partial charge is 0.247 e. The van der Waals surface area contributed by atoms with Crippen molar-refractivity contribution in [2.75, 3.05) is 51.6 Å². The lowest BCUT2D eigenvalue weighted by Crippen LogP contribution is -2.29. The summed E-state index contributed by atoms with van der Waals surface area (Å²) in [5, 5.41) is 3.71. The highest BCUT2D eigenvalue weighted by Crippen LogP contribution is 2.35. The molecule has 9 heteroatoms. The summed E-state index contributed by atoms with van der Waals surface area (Å²) in [7, 11) is 9.54. The molecule has 0 radical (unpaired) electrons. The number of aromatic nitrogens is 3. The zero-order valence-corrected chi connectivity index (χ0v) is 22.5. The van der Waals surface area contributed by atoms with Gasteiger partial charge in [-0.15, -0.1) is 0 Å². The van der Waals surface area contributed by atoms with Crippen molar-refractivity contribution in [1.29, 1.82) is 0 Å². The summed E-state index contributed by atoms with van der Waals surface area (Å²) in [6.45, 7) is 5.17. The lowest BCUT2D eigenvalue weighted by Gasteiger charge is -2.25. The van der Waals surface area contributed by atoms with Crippen LogP contribution in [-0.2, 0) is 18.3 Å². The Labute approximate surface area is 222 Å². The van der Waals surface area contributed by atoms with E-state index in [2.05, 4.69) is 26.7 Å². The SMILES string of the molecule is C=CC(=O)Nc1cc(Cc2nccc(-c3cn(C)c4ccc(F)cc34)n2)c(OC)cc1N(C)CCN(C)C. The molecule has 0 aliphatic rings. The maximum Gasteiger partial charge on any atom is 0.247 e. The molecule has 1 amide bonds. The Balaban J connectivity index is 1.72. The van der Waals surface area contributed by atoms with E-state index < -0.39 is 0 Å². The fourth-order valence-corrected chi connectivity index (χ4v) is 4.39. The van der Waals surface area contributed by atoms with Gasteiger partial charge >= 0.3 is 0 Å². The first-order valence-electron chi connectivity index (χ1n) is 12.3. The predicted molar refractivity (Wildman–Crippen MR) is 150 cm³/mol. The van der Waals surface area contributed by atoms with Crippen molar-refractivity contribution in [2.24, 2.45) is 7.05 Å². The number of fused-ring (bicyclic) bond motifs is 1. The first kappa shape index (κ1) is 26.8. The predicted octanol–water partition coefficient (Wildman–Crippen LogP) is 4.50. The molecular formula is C29H33FN6O2. The third-order valence-electron chi connectivity index (χ3n) is 6.42. The van der Waals surface area contributed by atoms with Gasteiger partial charge in [-0.3, -0.25) is 4.79 Å². The number of carbonyl (C=O) groups is 1. The van der Waals surface area contributed by atoms with Crippen LogP contribution in [-0.4, -0.2) is 66.7 Å². The maximum atomic E-state index is 14.0. The zero-order chi connectivity index (χ0) is 27.4. The molecule has 0 atom stereocenters. The average Bonchev–Trinajstić information content (AvgIpc) is 3.22. The number of hydrogen-bond acceptors (Lipinski definition) is 6. The van der Waals surface area contributed by atoms with E-state index in [9.17, 15) is 9.18 Å². The summed E-state index contributed by atoms with van der Waals surface area (Å²) >= 11 is 0. The van der Waals surface area contributed by atoms with Crippen LogP contribution in [0.5, 0.6) is 5.75 Å². The first-order valence-corrected chi connectivity index (χ1v) is 12.3. The van der Waals surface area contributed by atoms with Gasteiger partial charge in [-0.2, -0.15) is 0 Å². The number of rotatable bonds is 10. The molecule has 0 saturated carbocycles. The summed E-state index contributed by atoms with van der Waals surface area (Å²) in [4.78, 5) is 25.7. The van der Waals surface area contributed by atoms with Crippen molar-refractivity contribution in [3.05, 3.63) is 78.7 Å². The largest absolute Gasteiger partial charge is 0.496 e. The van der Waals surface area contributed by atoms with Gasteiger partial charge in [0.1, 0.15) is 17.4 Å². The van der Waals surface area contributed by atoms with Crippen molar-refractivity contribution >= 4 is 28.2 Å². The maximum absolute atomic E-state index is 14.0. The lowest BCUT2D eigenvalue weighted by molar-refractivity contribution is -0.111. The molecule has 0 saturated heterocycles. The number of ether oxygens (including phenoxy) is 1. The molecule has 1 N–H and O–H groups in total. The first-order chi connectivity index (χ1) is 18.2. The Morgan fingerprint density at radius 3 is 2.68 bits per heavy atom. The van der Waals surface area contributed by atoms with Gasteiger partial charge in [-0.05, 0) is 50.5 Å². The van der Waals surface area contributed by atoms with Gasteiger partial charge < -0.3 is 24.4 Å². The molecule has 2 heterocycles. The summed E-state index contributed by atoms with van der Waals surface area (Å²) in [6.07, 6.45) is 5.26. The molecule has 0 aliphatic heterocycles. The van der Waals surface area contributed by atoms with Crippen LogP contribution in [0.25, 0.3) is 22.2 Å². The minimum Gasteiger partial charge on any atom is -0.496 e. The van der Waals surface area contributed by atoms with Crippen LogP contribution in [0.4, 0.5) is 15.8 Å². The number of likely N-dealkylation sites (N-methyl/N-ethyl adjacent to an activating group) is 2. The van der Waals surface area contributed by atoms with Gasteiger partial charge in [0.05, 0.1) is 24.2 Å². The Morgan fingerprint density at radius 2 is 1.97 bits per heavy atom. The summed E-state index contributed by atoms with van der Waals surface area (Å²) in [5.74, 6) is 0.636. The Bertz CT molecular complexity index is 1480. The molecule has 8 nitrogen and oxygen atoms in total. The van der Waals surface area contributed by atoms with Crippen LogP contribution in [0.2, 0.25) is 0 Å². The van der Waals surface area contributed by atoms with Gasteiger partial charge in [0.2, 0.25) is 5.91 Å². The molecule has 38 heavy (non-hydrogen) atoms. The van der Waals surface area contributed by atoms with Gasteiger partial charge in [-0.1, -0.05) is 6.58 Å². The average molecular weight is 517 g/mol. The molecule has 0 fully saturated rings. The number of aryl methyl sites for hydroxylation is 1. The van der Waals surface area contributed by atoms with E-state index in [1.165, 1.54) is 18.2 Å². The quantitative estimate of drug-likeness (QED) is 0.313. The van der Waals surface area contributed by atoms with Crippen molar-refractivity contribution < 1.29 is 13.9 Å². The van der Waals surface area contributed by atoms with E-state index in [0.717, 1.165) is 40.8 Å². The fraction of sp³-hybridized carbons (Fsp3) is 0.276. The number of nitrogens with zero attached hydrogens (tertiary/aromatic N) is 5. The third-order valence-corrected chi connectivity index (χ3v) is 6.42. The number of methoxy groups -OCH3 is 1. The van der Waals surface area contributed by atoms with Crippen LogP contribution in [0, 0.1) is 5.82 Å². The van der Waals surface area contributed by atoms with Crippen molar-refractivity contribution in [3.63, 3.8) is 0 Å². The Morgan fingerprint density at radius 1 is 1.18 bits per heavy atom. The highest BCUT2D eigenvalue weighted by molar-refractivity contribution is 6.01. The van der Waals surface area contributed by atoms with Gasteiger partial charge in [0.25, 0.3) is 0 Å². The minimum atomic E-state index is -0.301. The number of amides is 1. The molecule has 4 rings (SSSR count). The number of halogens is 1. The van der Waals surface area contributed by atoms with Crippen molar-refractivity contribution in [1.82, 2.24) is 19.4 Å². The molecular weight excluding hydrogens is 483 g/mol. The summed E-state index contributed by atoms with van der Waals surface area (Å²) in [5.41, 5.74) is 4.74. The Hall–Kier alpha value is -4.24. The van der Waals surface area contributed by atoms with Gasteiger partial charge in [0.15, 0.2) is 0 Å². The monoisotopic (exact) mass is 516 g/mol. The topological polar surface area (TPSA) is 75.5 Å². The summed E-state index contributed by atoms with van der Waals surface area (Å²) < 4.78 is 21.7. The van der Waals surface area contributed by atoms with Crippen LogP contribution in [0.15, 0.2) is 61.4 Å². The van der Waals surface area contributed by atoms with E-state index in [-0.39, 0.29) is 11.7 Å². The normalized spacial score (nSPS) is 11.1. The van der Waals surface area contributed by atoms with Crippen LogP contribution in [0.1, 0.15) is 11.4 Å². The molecule has 2 aromatic carbocycles. The number of anilines is 2. The lowest BCUT2D eigenvalue weighted by atomic mass is 10.1. The molecule has 0 aliphatic carbocycles. The third kappa shape index (κ3) is 5.84. The molecule has 0 spiro atoms. The van der Waals surface area contributed by atoms with E-state index in [1.54, 1.807) is 19.4 Å². The van der Waals surface area contributed by atoms with E-state index in [4.69, 9.17) is 9.72 Å². The minimum absolute atomic E-state index is 0.297. The molecule has 0 unspecified atom stereocenters. The van der Waals surface area contributed by atoms with Crippen LogP contribution >= 0.6 is 0 Å². The second kappa shape index (κ2) is 11.4. The number of carbonyl (C=O) groups excluding carboxylic acids is 1. The second-order valence-electron chi connectivity index (χ2n) is 9.45. The fourth-order valence-electron chi connectivity index (χ4n) is 4.39. The molecule has 0 bridgehead atoms. The summed E-state index contributed by atoms with van der Waals surface area (Å²) in [6, 6.07) is 10.4. The molecule has 198 valence electrons. The van der Waals surface area contributed by atoms with Crippen molar-refractivity contribution in [3.8, 4) is 17.0 Å². The molecule has 2 aromatic heterocycles. The number of benzene rings is 2. The Kier molecular flexibility index (Phi) is 8.07. The van der Waals surface area contributed by atoms with Crippen LogP contribution < -0.4 is 15.0 Å². The zero-order valence-electron chi connectivity index (χ0n) is 22.5. The molecule has 4 aromatic rings. The standard InChI is InChI=1S/C29H33FN6O2/c1-7-29(37)33-24-14-19(27(38-6)17-26(24)35(4)13-12-34(2)3)15-28-31-11-10-23(32-28)22-18-36(5)25-9-8-20(30)16-21(22)25/h7-11,14,16-18H,1,12-13,15H2,2-6H3,(H,33,37). The number of nitrogens with one attached hydrogen (secondary N) is 1. The van der Waals surface area contributed by atoms with E-state index in [1.807, 2.05) is 57.2 Å². The van der Waals surface area contributed by atoms with Gasteiger partial charge in [-0.25, -0.2) is 14.4 Å². The highest BCUT2D eigenvalue weighted by atomic mass is 19.1. The van der Waals surface area contributed by atoms with E-state index in [0.29, 0.717) is 29.4 Å². The van der Waals surface area contributed by atoms with Gasteiger partial charge in [0, 0.05) is 74.1 Å². The van der Waals surface area contributed by atoms with Crippen molar-refractivity contribution in [2.45, 2.75) is 6.42 Å². The number of hydrogen-bond donors (Lipinski definition) is 1. The van der Waals surface area contributed by atoms with Crippen LogP contribution in [0.3, 0.4) is 0 Å². The van der Waals surface area contributed by atoms with E-state index >= 15 is 0 Å². The second-order valence-corrected chi connectivity index (χ2v) is 9.45. The highest BCUT2D eigenvalue weighted by Gasteiger charge is 2.18.